The zero-order chi connectivity index (χ0) is 28.9. The lowest BCUT2D eigenvalue weighted by molar-refractivity contribution is -0.120. The average molecular weight is 580 g/mol. The van der Waals surface area contributed by atoms with E-state index in [1.54, 1.807) is 18.3 Å². The van der Waals surface area contributed by atoms with E-state index in [1.807, 2.05) is 44.2 Å². The molecule has 6 nitrogen and oxygen atoms in total. The molecule has 2 aromatic heterocycles. The normalized spacial score (nSPS) is 12.4. The topological polar surface area (TPSA) is 79.2 Å². The molecule has 8 heteroatoms. The third-order valence-electron chi connectivity index (χ3n) is 6.91. The molecule has 3 N–H and O–H groups in total. The van der Waals surface area contributed by atoms with Gasteiger partial charge in [0.1, 0.15) is 5.82 Å². The second-order valence-electron chi connectivity index (χ2n) is 10.9. The Morgan fingerprint density at radius 2 is 1.68 bits per heavy atom. The van der Waals surface area contributed by atoms with Crippen LogP contribution in [-0.2, 0) is 24.2 Å². The van der Waals surface area contributed by atoms with Crippen molar-refractivity contribution in [3.05, 3.63) is 117 Å². The number of rotatable bonds is 11. The minimum atomic E-state index is -0.682. The predicted molar refractivity (Wildman–Crippen MR) is 162 cm³/mol. The van der Waals surface area contributed by atoms with Crippen LogP contribution in [-0.4, -0.2) is 32.6 Å². The van der Waals surface area contributed by atoms with Crippen molar-refractivity contribution in [3.63, 3.8) is 0 Å². The van der Waals surface area contributed by atoms with Gasteiger partial charge >= 0.3 is 0 Å². The molecule has 1 atom stereocenters. The minimum Gasteiger partial charge on any atom is -0.387 e. The molecule has 0 fully saturated rings. The first-order valence-electron chi connectivity index (χ1n) is 13.3. The van der Waals surface area contributed by atoms with Gasteiger partial charge in [-0.05, 0) is 81.1 Å². The first-order chi connectivity index (χ1) is 19.0. The number of benzene rings is 2. The maximum absolute atomic E-state index is 12.6. The van der Waals surface area contributed by atoms with Crippen molar-refractivity contribution >= 4 is 29.1 Å². The van der Waals surface area contributed by atoms with Gasteiger partial charge in [0.15, 0.2) is 0 Å². The molecule has 1 amide bonds. The van der Waals surface area contributed by atoms with E-state index < -0.39 is 6.10 Å². The van der Waals surface area contributed by atoms with Gasteiger partial charge in [0.25, 0.3) is 0 Å². The monoisotopic (exact) mass is 578 g/mol. The molecular weight excluding hydrogens is 543 g/mol. The third kappa shape index (κ3) is 7.95. The van der Waals surface area contributed by atoms with Crippen LogP contribution >= 0.6 is 23.2 Å². The fraction of sp³-hybridized carbons (Fsp3) is 0.312. The molecule has 4 rings (SSSR count). The van der Waals surface area contributed by atoms with Crippen LogP contribution in [0.5, 0.6) is 0 Å². The van der Waals surface area contributed by atoms with Crippen molar-refractivity contribution in [2.24, 2.45) is 0 Å². The summed E-state index contributed by atoms with van der Waals surface area (Å²) in [6.45, 7) is 9.09. The molecular formula is C32H36Cl2N4O2. The number of nitrogens with one attached hydrogen (secondary N) is 2. The van der Waals surface area contributed by atoms with Crippen molar-refractivity contribution in [1.29, 1.82) is 0 Å². The summed E-state index contributed by atoms with van der Waals surface area (Å²) in [6, 6.07) is 21.4. The van der Waals surface area contributed by atoms with Crippen LogP contribution in [0.1, 0.15) is 53.6 Å². The van der Waals surface area contributed by atoms with Crippen LogP contribution in [0.3, 0.4) is 0 Å². The lowest BCUT2D eigenvalue weighted by Gasteiger charge is -2.28. The van der Waals surface area contributed by atoms with Gasteiger partial charge in [0, 0.05) is 41.8 Å². The number of nitrogens with zero attached hydrogens (tertiary/aromatic N) is 2. The van der Waals surface area contributed by atoms with Crippen molar-refractivity contribution in [2.75, 3.05) is 6.54 Å². The van der Waals surface area contributed by atoms with Crippen molar-refractivity contribution in [3.8, 4) is 5.82 Å². The summed E-state index contributed by atoms with van der Waals surface area (Å²) in [5.74, 6) is 0.776. The summed E-state index contributed by atoms with van der Waals surface area (Å²) in [4.78, 5) is 17.1. The molecule has 0 aliphatic rings. The average Bonchev–Trinajstić information content (AvgIpc) is 3.25. The van der Waals surface area contributed by atoms with E-state index in [0.29, 0.717) is 23.1 Å². The Morgan fingerprint density at radius 3 is 2.35 bits per heavy atom. The van der Waals surface area contributed by atoms with Gasteiger partial charge < -0.3 is 20.3 Å². The van der Waals surface area contributed by atoms with Gasteiger partial charge in [-0.15, -0.1) is 0 Å². The molecule has 2 heterocycles. The molecule has 0 saturated heterocycles. The number of aryl methyl sites for hydroxylation is 2. The zero-order valence-corrected chi connectivity index (χ0v) is 24.9. The molecule has 0 unspecified atom stereocenters. The molecule has 0 spiro atoms. The molecule has 0 radical (unpaired) electrons. The summed E-state index contributed by atoms with van der Waals surface area (Å²) in [5, 5.41) is 18.2. The van der Waals surface area contributed by atoms with Gasteiger partial charge in [-0.3, -0.25) is 4.79 Å². The van der Waals surface area contributed by atoms with Crippen LogP contribution in [0.15, 0.2) is 72.9 Å². The largest absolute Gasteiger partial charge is 0.387 e. The lowest BCUT2D eigenvalue weighted by atomic mass is 9.93. The van der Waals surface area contributed by atoms with Crippen molar-refractivity contribution in [2.45, 2.75) is 58.7 Å². The van der Waals surface area contributed by atoms with Crippen LogP contribution in [0.4, 0.5) is 0 Å². The minimum absolute atomic E-state index is 0.0644. The van der Waals surface area contributed by atoms with E-state index in [9.17, 15) is 9.90 Å². The number of hydrogen-bond acceptors (Lipinski definition) is 4. The Labute approximate surface area is 246 Å². The number of pyridine rings is 1. The highest BCUT2D eigenvalue weighted by atomic mass is 35.5. The number of amides is 1. The number of carbonyl (C=O) groups excluding carboxylic acids is 1. The van der Waals surface area contributed by atoms with Crippen molar-refractivity contribution in [1.82, 2.24) is 20.2 Å². The Balaban J connectivity index is 1.29. The molecule has 2 aromatic carbocycles. The van der Waals surface area contributed by atoms with E-state index in [2.05, 4.69) is 58.3 Å². The number of hydrogen-bond donors (Lipinski definition) is 3. The zero-order valence-electron chi connectivity index (χ0n) is 23.3. The van der Waals surface area contributed by atoms with E-state index in [-0.39, 0.29) is 17.9 Å². The fourth-order valence-corrected chi connectivity index (χ4v) is 5.09. The predicted octanol–water partition coefficient (Wildman–Crippen LogP) is 6.30. The fourth-order valence-electron chi connectivity index (χ4n) is 4.77. The van der Waals surface area contributed by atoms with E-state index in [4.69, 9.17) is 23.2 Å². The molecule has 40 heavy (non-hydrogen) atoms. The number of aliphatic hydroxyl groups is 1. The van der Waals surface area contributed by atoms with E-state index in [1.165, 1.54) is 0 Å². The highest BCUT2D eigenvalue weighted by Crippen LogP contribution is 2.23. The molecule has 0 bridgehead atoms. The Kier molecular flexibility index (Phi) is 9.69. The first kappa shape index (κ1) is 29.8. The Bertz CT molecular complexity index is 1440. The SMILES string of the molecule is Cc1ccc(C)n1-c1ccc([C@@H](O)CNC(C)(C)Cc2cccc(CC(=O)NCc3ccc(Cl)c(Cl)c3)c2)cn1. The summed E-state index contributed by atoms with van der Waals surface area (Å²) in [6.07, 6.45) is 2.08. The first-order valence-corrected chi connectivity index (χ1v) is 14.1. The quantitative estimate of drug-likeness (QED) is 0.195. The van der Waals surface area contributed by atoms with Crippen LogP contribution in [0.2, 0.25) is 10.0 Å². The number of β-amino-alcohol motifs (C(OH)–C–C–N with tert-alkyl or cyclic N) is 1. The van der Waals surface area contributed by atoms with Crippen LogP contribution in [0, 0.1) is 13.8 Å². The standard InChI is InChI=1S/C32H36Cl2N4O2/c1-21-8-9-22(2)38(21)30-13-11-26(19-35-30)29(39)20-37-32(3,4)17-24-7-5-6-23(14-24)16-31(40)36-18-25-10-12-27(33)28(34)15-25/h5-15,19,29,37,39H,16-18,20H2,1-4H3,(H,36,40)/t29-/m0/s1. The van der Waals surface area contributed by atoms with Gasteiger partial charge in [0.2, 0.25) is 5.91 Å². The molecule has 4 aromatic rings. The number of carbonyl (C=O) groups is 1. The maximum atomic E-state index is 12.6. The van der Waals surface area contributed by atoms with Crippen molar-refractivity contribution < 1.29 is 9.90 Å². The number of aromatic nitrogens is 2. The maximum Gasteiger partial charge on any atom is 0.224 e. The highest BCUT2D eigenvalue weighted by molar-refractivity contribution is 6.42. The van der Waals surface area contributed by atoms with Gasteiger partial charge in [-0.1, -0.05) is 59.6 Å². The summed E-state index contributed by atoms with van der Waals surface area (Å²) in [7, 11) is 0. The molecule has 0 aliphatic carbocycles. The van der Waals surface area contributed by atoms with E-state index in [0.717, 1.165) is 45.9 Å². The summed E-state index contributed by atoms with van der Waals surface area (Å²) < 4.78 is 2.09. The number of aliphatic hydroxyl groups excluding tert-OH is 1. The number of halogens is 2. The van der Waals surface area contributed by atoms with Gasteiger partial charge in [-0.2, -0.15) is 0 Å². The molecule has 0 saturated carbocycles. The van der Waals surface area contributed by atoms with Gasteiger partial charge in [0.05, 0.1) is 22.6 Å². The summed E-state index contributed by atoms with van der Waals surface area (Å²) in [5.41, 5.74) is 5.68. The third-order valence-corrected chi connectivity index (χ3v) is 7.64. The Morgan fingerprint density at radius 1 is 0.950 bits per heavy atom. The van der Waals surface area contributed by atoms with Crippen LogP contribution < -0.4 is 10.6 Å². The van der Waals surface area contributed by atoms with Crippen LogP contribution in [0.25, 0.3) is 5.82 Å². The molecule has 210 valence electrons. The smallest absolute Gasteiger partial charge is 0.224 e. The Hall–Kier alpha value is -3.16. The summed E-state index contributed by atoms with van der Waals surface area (Å²) >= 11 is 12.0. The second-order valence-corrected chi connectivity index (χ2v) is 11.7. The van der Waals surface area contributed by atoms with Gasteiger partial charge in [-0.25, -0.2) is 4.98 Å². The molecule has 0 aliphatic heterocycles. The van der Waals surface area contributed by atoms with E-state index >= 15 is 0 Å². The second kappa shape index (κ2) is 13.0. The lowest BCUT2D eigenvalue weighted by Crippen LogP contribution is -2.43. The highest BCUT2D eigenvalue weighted by Gasteiger charge is 2.20.